The molecule has 0 bridgehead atoms. The fourth-order valence-electron chi connectivity index (χ4n) is 1.94. The minimum Gasteiger partial charge on any atom is -0.465 e. The summed E-state index contributed by atoms with van der Waals surface area (Å²) in [6.07, 6.45) is 0.907. The van der Waals surface area contributed by atoms with Crippen molar-refractivity contribution in [1.29, 1.82) is 0 Å². The van der Waals surface area contributed by atoms with Gasteiger partial charge in [0.1, 0.15) is 18.2 Å². The predicted octanol–water partition coefficient (Wildman–Crippen LogP) is 0.981. The number of rotatable bonds is 4. The van der Waals surface area contributed by atoms with Gasteiger partial charge in [0.05, 0.1) is 24.1 Å². The Bertz CT molecular complexity index is 896. The minimum absolute atomic E-state index is 0.0897. The van der Waals surface area contributed by atoms with Crippen molar-refractivity contribution in [2.45, 2.75) is 6.92 Å². The lowest BCUT2D eigenvalue weighted by molar-refractivity contribution is -0.135. The third-order valence-corrected chi connectivity index (χ3v) is 4.45. The van der Waals surface area contributed by atoms with Gasteiger partial charge in [-0.1, -0.05) is 0 Å². The number of nitrogens with one attached hydrogen (secondary N) is 1. The zero-order valence-corrected chi connectivity index (χ0v) is 13.9. The van der Waals surface area contributed by atoms with Crippen molar-refractivity contribution in [1.82, 2.24) is 4.31 Å². The molecule has 0 fully saturated rings. The average molecular weight is 373 g/mol. The Morgan fingerprint density at radius 1 is 1.32 bits per heavy atom. The summed E-state index contributed by atoms with van der Waals surface area (Å²) < 4.78 is 58.7. The van der Waals surface area contributed by atoms with E-state index in [1.165, 1.54) is 6.92 Å². The second-order valence-electron chi connectivity index (χ2n) is 4.91. The lowest BCUT2D eigenvalue weighted by Crippen LogP contribution is -2.37. The first-order valence-electron chi connectivity index (χ1n) is 6.78. The van der Waals surface area contributed by atoms with Crippen molar-refractivity contribution in [2.75, 3.05) is 19.0 Å². The van der Waals surface area contributed by atoms with E-state index >= 15 is 0 Å². The predicted molar refractivity (Wildman–Crippen MR) is 83.8 cm³/mol. The zero-order valence-electron chi connectivity index (χ0n) is 13.1. The monoisotopic (exact) mass is 373 g/mol. The van der Waals surface area contributed by atoms with E-state index in [1.54, 1.807) is 0 Å². The summed E-state index contributed by atoms with van der Waals surface area (Å²) in [7, 11) is -3.12. The second kappa shape index (κ2) is 6.97. The highest BCUT2D eigenvalue weighted by Crippen LogP contribution is 2.18. The maximum absolute atomic E-state index is 13.5. The van der Waals surface area contributed by atoms with Crippen LogP contribution in [0.2, 0.25) is 0 Å². The molecule has 1 aromatic rings. The number of esters is 1. The van der Waals surface area contributed by atoms with Crippen LogP contribution in [0.4, 0.5) is 14.5 Å². The summed E-state index contributed by atoms with van der Waals surface area (Å²) in [5, 5.41) is 2.11. The quantitative estimate of drug-likeness (QED) is 0.792. The van der Waals surface area contributed by atoms with E-state index in [-0.39, 0.29) is 17.0 Å². The number of ether oxygens (including phenoxy) is 1. The van der Waals surface area contributed by atoms with Crippen molar-refractivity contribution in [3.05, 3.63) is 41.6 Å². The molecule has 0 spiro atoms. The highest BCUT2D eigenvalue weighted by molar-refractivity contribution is 7.88. The molecule has 0 unspecified atom stereocenters. The summed E-state index contributed by atoms with van der Waals surface area (Å²) in [6, 6.07) is 2.49. The molecule has 8 nitrogen and oxygen atoms in total. The second-order valence-corrected chi connectivity index (χ2v) is 6.45. The van der Waals surface area contributed by atoms with Crippen LogP contribution in [0, 0.1) is 11.6 Å². The van der Waals surface area contributed by atoms with Gasteiger partial charge in [-0.25, -0.2) is 17.9 Å². The molecule has 1 aromatic carbocycles. The molecule has 0 aromatic heterocycles. The maximum Gasteiger partial charge on any atom is 0.344 e. The third-order valence-electron chi connectivity index (χ3n) is 3.12. The Morgan fingerprint density at radius 3 is 2.60 bits per heavy atom. The number of nitrogens with zero attached hydrogens (tertiary/aromatic N) is 2. The largest absolute Gasteiger partial charge is 0.465 e. The molecule has 2 rings (SSSR count). The molecule has 0 aliphatic carbocycles. The van der Waals surface area contributed by atoms with Crippen LogP contribution < -0.4 is 5.32 Å². The number of amides is 1. The maximum atomic E-state index is 13.5. The molecule has 0 radical (unpaired) electrons. The van der Waals surface area contributed by atoms with Crippen molar-refractivity contribution < 1.29 is 31.5 Å². The lowest BCUT2D eigenvalue weighted by atomic mass is 10.2. The first-order chi connectivity index (χ1) is 11.6. The van der Waals surface area contributed by atoms with Crippen LogP contribution in [-0.4, -0.2) is 44.0 Å². The summed E-state index contributed by atoms with van der Waals surface area (Å²) in [6.45, 7) is 0.530. The Balaban J connectivity index is 2.21. The van der Waals surface area contributed by atoms with E-state index in [2.05, 4.69) is 14.5 Å². The van der Waals surface area contributed by atoms with Crippen molar-refractivity contribution >= 4 is 33.5 Å². The molecule has 0 saturated heterocycles. The minimum atomic E-state index is -4.23. The van der Waals surface area contributed by atoms with Crippen LogP contribution in [0.3, 0.4) is 0 Å². The Hall–Kier alpha value is -2.82. The molecular weight excluding hydrogens is 360 g/mol. The molecule has 1 aliphatic heterocycles. The van der Waals surface area contributed by atoms with Gasteiger partial charge < -0.3 is 10.1 Å². The summed E-state index contributed by atoms with van der Waals surface area (Å²) in [4.78, 5) is 23.6. The van der Waals surface area contributed by atoms with Gasteiger partial charge in [0.15, 0.2) is 0 Å². The van der Waals surface area contributed by atoms with Gasteiger partial charge >= 0.3 is 16.2 Å². The van der Waals surface area contributed by atoms with Crippen LogP contribution in [0.25, 0.3) is 0 Å². The van der Waals surface area contributed by atoms with E-state index < -0.39 is 40.3 Å². The van der Waals surface area contributed by atoms with Crippen LogP contribution >= 0.6 is 0 Å². The number of carbonyl (C=O) groups is 2. The normalized spacial score (nSPS) is 15.9. The summed E-state index contributed by atoms with van der Waals surface area (Å²) in [5.41, 5.74) is -0.552. The van der Waals surface area contributed by atoms with E-state index in [9.17, 15) is 26.8 Å². The van der Waals surface area contributed by atoms with Gasteiger partial charge in [-0.05, 0) is 19.1 Å². The van der Waals surface area contributed by atoms with Crippen molar-refractivity contribution in [3.8, 4) is 0 Å². The Morgan fingerprint density at radius 2 is 2.00 bits per heavy atom. The van der Waals surface area contributed by atoms with Crippen LogP contribution in [-0.2, 0) is 24.5 Å². The van der Waals surface area contributed by atoms with E-state index in [0.717, 1.165) is 25.4 Å². The third kappa shape index (κ3) is 4.18. The van der Waals surface area contributed by atoms with E-state index in [0.29, 0.717) is 10.4 Å². The molecule has 25 heavy (non-hydrogen) atoms. The fourth-order valence-corrected chi connectivity index (χ4v) is 3.01. The highest BCUT2D eigenvalue weighted by Gasteiger charge is 2.30. The number of anilines is 1. The molecular formula is C14H13F2N3O5S. The summed E-state index contributed by atoms with van der Waals surface area (Å²) >= 11 is 0. The van der Waals surface area contributed by atoms with Crippen LogP contribution in [0.1, 0.15) is 6.92 Å². The SMILES string of the molecule is COC(=O)C1=CN(CC(=O)Nc2ccc(F)cc2F)S(=O)(=O)N=C1C. The number of carbonyl (C=O) groups excluding carboxylic acids is 2. The van der Waals surface area contributed by atoms with Gasteiger partial charge in [0, 0.05) is 12.3 Å². The standard InChI is InChI=1S/C14H13F2N3O5S/c1-8-10(14(21)24-2)6-19(25(22,23)18-8)7-13(20)17-12-4-3-9(15)5-11(12)16/h3-6H,7H2,1-2H3,(H,17,20). The van der Waals surface area contributed by atoms with Gasteiger partial charge in [0.25, 0.3) is 0 Å². The summed E-state index contributed by atoms with van der Waals surface area (Å²) in [5.74, 6) is -3.59. The first kappa shape index (κ1) is 18.5. The van der Waals surface area contributed by atoms with E-state index in [4.69, 9.17) is 0 Å². The topological polar surface area (TPSA) is 105 Å². The van der Waals surface area contributed by atoms with Crippen LogP contribution in [0.5, 0.6) is 0 Å². The lowest BCUT2D eigenvalue weighted by Gasteiger charge is -2.22. The number of methoxy groups -OCH3 is 1. The Kier molecular flexibility index (Phi) is 5.16. The van der Waals surface area contributed by atoms with Gasteiger partial charge in [-0.15, -0.1) is 4.40 Å². The van der Waals surface area contributed by atoms with Crippen LogP contribution in [0.15, 0.2) is 34.4 Å². The van der Waals surface area contributed by atoms with E-state index in [1.807, 2.05) is 0 Å². The molecule has 11 heteroatoms. The molecule has 1 N–H and O–H groups in total. The number of benzene rings is 1. The van der Waals surface area contributed by atoms with Crippen molar-refractivity contribution in [3.63, 3.8) is 0 Å². The Labute approximate surface area is 142 Å². The number of hydrogen-bond acceptors (Lipinski definition) is 5. The fraction of sp³-hybridized carbons (Fsp3) is 0.214. The smallest absolute Gasteiger partial charge is 0.344 e. The number of halogens is 2. The molecule has 134 valence electrons. The molecule has 1 amide bonds. The highest BCUT2D eigenvalue weighted by atomic mass is 32.2. The molecule has 0 saturated carbocycles. The van der Waals surface area contributed by atoms with Crippen molar-refractivity contribution in [2.24, 2.45) is 4.40 Å². The molecule has 0 atom stereocenters. The van der Waals surface area contributed by atoms with Gasteiger partial charge in [-0.2, -0.15) is 8.42 Å². The van der Waals surface area contributed by atoms with Gasteiger partial charge in [0.2, 0.25) is 5.91 Å². The molecule has 1 heterocycles. The zero-order chi connectivity index (χ0) is 18.8. The first-order valence-corrected chi connectivity index (χ1v) is 8.17. The average Bonchev–Trinajstić information content (AvgIpc) is 2.51. The molecule has 1 aliphatic rings. The number of hydrogen-bond donors (Lipinski definition) is 1. The van der Waals surface area contributed by atoms with Gasteiger partial charge in [-0.3, -0.25) is 4.79 Å².